The maximum absolute atomic E-state index is 12.7. The van der Waals surface area contributed by atoms with Gasteiger partial charge in [-0.25, -0.2) is 16.8 Å². The molecule has 0 aliphatic heterocycles. The molecule has 0 amide bonds. The zero-order valence-electron chi connectivity index (χ0n) is 16.3. The van der Waals surface area contributed by atoms with Crippen molar-refractivity contribution in [2.24, 2.45) is 0 Å². The lowest BCUT2D eigenvalue weighted by Crippen LogP contribution is -2.34. The van der Waals surface area contributed by atoms with Crippen LogP contribution in [0.2, 0.25) is 0 Å². The Hall–Kier alpha value is -2.07. The van der Waals surface area contributed by atoms with Crippen molar-refractivity contribution in [3.8, 4) is 0 Å². The maximum Gasteiger partial charge on any atom is 0.416 e. The van der Waals surface area contributed by atoms with Crippen LogP contribution in [-0.4, -0.2) is 34.9 Å². The topological polar surface area (TPSA) is 80.3 Å². The molecule has 0 fully saturated rings. The van der Waals surface area contributed by atoms with Crippen LogP contribution >= 0.6 is 0 Å². The molecule has 0 radical (unpaired) electrons. The molecule has 10 heteroatoms. The second-order valence-corrected chi connectivity index (χ2v) is 11.6. The number of rotatable bonds is 6. The van der Waals surface area contributed by atoms with E-state index in [1.807, 2.05) is 0 Å². The molecule has 5 nitrogen and oxygen atoms in total. The van der Waals surface area contributed by atoms with Gasteiger partial charge in [0.15, 0.2) is 19.7 Å². The predicted molar refractivity (Wildman–Crippen MR) is 106 cm³/mol. The standard InChI is InChI=1S/C19H22F3NO4S2/c1-18(2,12-13-5-7-14(8-6-13)19(20,21)22)23-16-10-9-15(28(3,24)25)11-17(16)29(4,26)27/h5-11,23H,12H2,1-4H3. The number of benzene rings is 2. The van der Waals surface area contributed by atoms with E-state index in [1.165, 1.54) is 24.3 Å². The van der Waals surface area contributed by atoms with Crippen LogP contribution in [0.3, 0.4) is 0 Å². The van der Waals surface area contributed by atoms with Crippen LogP contribution in [0.1, 0.15) is 25.0 Å². The normalized spacial score (nSPS) is 13.3. The largest absolute Gasteiger partial charge is 0.416 e. The summed E-state index contributed by atoms with van der Waals surface area (Å²) in [6.45, 7) is 3.53. The van der Waals surface area contributed by atoms with Crippen LogP contribution < -0.4 is 5.32 Å². The minimum Gasteiger partial charge on any atom is -0.379 e. The molecule has 0 unspecified atom stereocenters. The fourth-order valence-electron chi connectivity index (χ4n) is 2.87. The summed E-state index contributed by atoms with van der Waals surface area (Å²) in [5.74, 6) is 0. The molecule has 0 aliphatic rings. The van der Waals surface area contributed by atoms with Crippen molar-refractivity contribution in [3.63, 3.8) is 0 Å². The summed E-state index contributed by atoms with van der Waals surface area (Å²) in [6.07, 6.45) is -2.15. The van der Waals surface area contributed by atoms with Gasteiger partial charge in [-0.1, -0.05) is 12.1 Å². The molecule has 2 rings (SSSR count). The van der Waals surface area contributed by atoms with E-state index >= 15 is 0 Å². The first kappa shape index (κ1) is 23.2. The maximum atomic E-state index is 12.7. The molecule has 2 aromatic carbocycles. The van der Waals surface area contributed by atoms with E-state index in [0.29, 0.717) is 12.0 Å². The van der Waals surface area contributed by atoms with Crippen LogP contribution in [0.5, 0.6) is 0 Å². The van der Waals surface area contributed by atoms with Gasteiger partial charge in [0, 0.05) is 18.1 Å². The van der Waals surface area contributed by atoms with Gasteiger partial charge in [-0.3, -0.25) is 0 Å². The van der Waals surface area contributed by atoms with Crippen LogP contribution in [0.4, 0.5) is 18.9 Å². The summed E-state index contributed by atoms with van der Waals surface area (Å²) < 4.78 is 86.0. The molecular weight excluding hydrogens is 427 g/mol. The first-order valence-electron chi connectivity index (χ1n) is 8.47. The lowest BCUT2D eigenvalue weighted by Gasteiger charge is -2.29. The van der Waals surface area contributed by atoms with E-state index in [1.54, 1.807) is 13.8 Å². The third-order valence-electron chi connectivity index (χ3n) is 4.18. The third kappa shape index (κ3) is 6.20. The summed E-state index contributed by atoms with van der Waals surface area (Å²) in [4.78, 5) is -0.287. The van der Waals surface area contributed by atoms with Gasteiger partial charge < -0.3 is 5.32 Å². The van der Waals surface area contributed by atoms with Crippen LogP contribution in [0, 0.1) is 0 Å². The third-order valence-corrected chi connectivity index (χ3v) is 6.43. The number of anilines is 1. The molecule has 0 saturated carbocycles. The molecule has 1 N–H and O–H groups in total. The molecule has 0 bridgehead atoms. The van der Waals surface area contributed by atoms with E-state index in [9.17, 15) is 30.0 Å². The van der Waals surface area contributed by atoms with Crippen molar-refractivity contribution in [2.75, 3.05) is 17.8 Å². The van der Waals surface area contributed by atoms with E-state index in [2.05, 4.69) is 5.32 Å². The average molecular weight is 450 g/mol. The highest BCUT2D eigenvalue weighted by atomic mass is 32.2. The number of hydrogen-bond donors (Lipinski definition) is 1. The number of nitrogens with one attached hydrogen (secondary N) is 1. The number of hydrogen-bond acceptors (Lipinski definition) is 5. The first-order chi connectivity index (χ1) is 13.0. The minimum atomic E-state index is -4.42. The van der Waals surface area contributed by atoms with Gasteiger partial charge >= 0.3 is 6.18 Å². The predicted octanol–water partition coefficient (Wildman–Crippen LogP) is 3.95. The van der Waals surface area contributed by atoms with Crippen molar-refractivity contribution in [2.45, 2.75) is 41.8 Å². The Morgan fingerprint density at radius 1 is 0.862 bits per heavy atom. The Labute approximate surface area is 168 Å². The molecular formula is C19H22F3NO4S2. The summed E-state index contributed by atoms with van der Waals surface area (Å²) in [7, 11) is -7.33. The monoisotopic (exact) mass is 449 g/mol. The summed E-state index contributed by atoms with van der Waals surface area (Å²) >= 11 is 0. The van der Waals surface area contributed by atoms with E-state index in [4.69, 9.17) is 0 Å². The fourth-order valence-corrected chi connectivity index (χ4v) is 4.46. The first-order valence-corrected chi connectivity index (χ1v) is 12.3. The Morgan fingerprint density at radius 2 is 1.41 bits per heavy atom. The SMILES string of the molecule is CC(C)(Cc1ccc(C(F)(F)F)cc1)Nc1ccc(S(C)(=O)=O)cc1S(C)(=O)=O. The molecule has 0 atom stereocenters. The van der Waals surface area contributed by atoms with E-state index in [0.717, 1.165) is 30.7 Å². The van der Waals surface area contributed by atoms with Gasteiger partial charge in [0.2, 0.25) is 0 Å². The van der Waals surface area contributed by atoms with Crippen molar-refractivity contribution in [3.05, 3.63) is 53.6 Å². The number of alkyl halides is 3. The summed E-state index contributed by atoms with van der Waals surface area (Å²) in [5.41, 5.74) is -0.630. The fraction of sp³-hybridized carbons (Fsp3) is 0.368. The van der Waals surface area contributed by atoms with Crippen molar-refractivity contribution < 1.29 is 30.0 Å². The zero-order valence-corrected chi connectivity index (χ0v) is 18.0. The van der Waals surface area contributed by atoms with Gasteiger partial charge in [0.25, 0.3) is 0 Å². The number of halogens is 3. The highest BCUT2D eigenvalue weighted by Gasteiger charge is 2.30. The number of sulfone groups is 2. The Balaban J connectivity index is 2.34. The molecule has 0 aliphatic carbocycles. The Kier molecular flexibility index (Phi) is 6.11. The lowest BCUT2D eigenvalue weighted by atomic mass is 9.94. The highest BCUT2D eigenvalue weighted by Crippen LogP contribution is 2.31. The highest BCUT2D eigenvalue weighted by molar-refractivity contribution is 7.91. The van der Waals surface area contributed by atoms with Crippen LogP contribution in [-0.2, 0) is 32.3 Å². The Bertz CT molecular complexity index is 1110. The molecule has 29 heavy (non-hydrogen) atoms. The van der Waals surface area contributed by atoms with Gasteiger partial charge in [-0.15, -0.1) is 0 Å². The van der Waals surface area contributed by atoms with Crippen molar-refractivity contribution in [1.82, 2.24) is 0 Å². The minimum absolute atomic E-state index is 0.121. The smallest absolute Gasteiger partial charge is 0.379 e. The summed E-state index contributed by atoms with van der Waals surface area (Å²) in [5, 5.41) is 3.07. The zero-order chi connectivity index (χ0) is 22.3. The second-order valence-electron chi connectivity index (χ2n) is 7.58. The van der Waals surface area contributed by atoms with Crippen LogP contribution in [0.25, 0.3) is 0 Å². The lowest BCUT2D eigenvalue weighted by molar-refractivity contribution is -0.137. The molecule has 0 spiro atoms. The Morgan fingerprint density at radius 3 is 1.86 bits per heavy atom. The van der Waals surface area contributed by atoms with E-state index in [-0.39, 0.29) is 15.5 Å². The van der Waals surface area contributed by atoms with Gasteiger partial charge in [0.1, 0.15) is 0 Å². The van der Waals surface area contributed by atoms with Gasteiger partial charge in [0.05, 0.1) is 21.0 Å². The summed E-state index contributed by atoms with van der Waals surface area (Å²) in [6, 6.07) is 8.51. The van der Waals surface area contributed by atoms with Gasteiger partial charge in [-0.05, 0) is 56.2 Å². The van der Waals surface area contributed by atoms with Crippen LogP contribution in [0.15, 0.2) is 52.3 Å². The van der Waals surface area contributed by atoms with Gasteiger partial charge in [-0.2, -0.15) is 13.2 Å². The molecule has 0 heterocycles. The quantitative estimate of drug-likeness (QED) is 0.723. The molecule has 2 aromatic rings. The average Bonchev–Trinajstić information content (AvgIpc) is 2.51. The van der Waals surface area contributed by atoms with Crippen molar-refractivity contribution >= 4 is 25.4 Å². The molecule has 160 valence electrons. The molecule has 0 saturated heterocycles. The van der Waals surface area contributed by atoms with Crippen molar-refractivity contribution in [1.29, 1.82) is 0 Å². The molecule has 0 aromatic heterocycles. The second kappa shape index (κ2) is 7.64. The van der Waals surface area contributed by atoms with E-state index < -0.39 is 37.0 Å².